The number of halogens is 1. The standard InChI is InChI=1S/C16H15FN6/c17-12-5-3-11(4-6-12)8-20-15-14(18)16(22-10-21-15)23-13-2-1-7-19-9-13/h1-7,9-10H,8,18H2,(H2,20,21,22,23). The Morgan fingerprint density at radius 1 is 1.04 bits per heavy atom. The number of aromatic nitrogens is 3. The minimum atomic E-state index is -0.266. The van der Waals surface area contributed by atoms with Gasteiger partial charge in [-0.3, -0.25) is 4.98 Å². The van der Waals surface area contributed by atoms with Crippen LogP contribution in [-0.4, -0.2) is 15.0 Å². The third kappa shape index (κ3) is 3.70. The summed E-state index contributed by atoms with van der Waals surface area (Å²) < 4.78 is 12.9. The van der Waals surface area contributed by atoms with Crippen LogP contribution < -0.4 is 16.4 Å². The smallest absolute Gasteiger partial charge is 0.159 e. The lowest BCUT2D eigenvalue weighted by atomic mass is 10.2. The highest BCUT2D eigenvalue weighted by atomic mass is 19.1. The Bertz CT molecular complexity index is 776. The highest BCUT2D eigenvalue weighted by Crippen LogP contribution is 2.25. The zero-order valence-corrected chi connectivity index (χ0v) is 12.2. The predicted octanol–water partition coefficient (Wildman–Crippen LogP) is 2.95. The SMILES string of the molecule is Nc1c(NCc2ccc(F)cc2)ncnc1Nc1cccnc1. The van der Waals surface area contributed by atoms with Crippen molar-refractivity contribution in [1.82, 2.24) is 15.0 Å². The first-order valence-electron chi connectivity index (χ1n) is 6.98. The first-order valence-corrected chi connectivity index (χ1v) is 6.98. The van der Waals surface area contributed by atoms with Gasteiger partial charge in [-0.15, -0.1) is 0 Å². The number of nitrogens with two attached hydrogens (primary N) is 1. The molecule has 0 aliphatic carbocycles. The maximum Gasteiger partial charge on any atom is 0.159 e. The molecule has 0 aliphatic heterocycles. The van der Waals surface area contributed by atoms with E-state index in [2.05, 4.69) is 25.6 Å². The van der Waals surface area contributed by atoms with Crippen molar-refractivity contribution < 1.29 is 4.39 Å². The lowest BCUT2D eigenvalue weighted by molar-refractivity contribution is 0.627. The number of hydrogen-bond acceptors (Lipinski definition) is 6. The lowest BCUT2D eigenvalue weighted by Gasteiger charge is -2.12. The molecule has 0 saturated heterocycles. The average molecular weight is 310 g/mol. The van der Waals surface area contributed by atoms with Gasteiger partial charge in [0.1, 0.15) is 17.8 Å². The van der Waals surface area contributed by atoms with Gasteiger partial charge in [0.05, 0.1) is 11.9 Å². The molecule has 0 spiro atoms. The Kier molecular flexibility index (Phi) is 4.28. The second-order valence-corrected chi connectivity index (χ2v) is 4.83. The van der Waals surface area contributed by atoms with Crippen molar-refractivity contribution in [3.05, 3.63) is 66.5 Å². The fraction of sp³-hybridized carbons (Fsp3) is 0.0625. The van der Waals surface area contributed by atoms with Crippen LogP contribution in [0.15, 0.2) is 55.1 Å². The molecule has 0 saturated carbocycles. The molecule has 116 valence electrons. The molecule has 3 rings (SSSR count). The van der Waals surface area contributed by atoms with Crippen molar-refractivity contribution in [2.45, 2.75) is 6.54 Å². The Balaban J connectivity index is 1.73. The summed E-state index contributed by atoms with van der Waals surface area (Å²) in [5.41, 5.74) is 8.19. The van der Waals surface area contributed by atoms with Crippen molar-refractivity contribution in [3.63, 3.8) is 0 Å². The molecule has 0 bridgehead atoms. The van der Waals surface area contributed by atoms with Crippen LogP contribution in [0.3, 0.4) is 0 Å². The summed E-state index contributed by atoms with van der Waals surface area (Å²) >= 11 is 0. The first-order chi connectivity index (χ1) is 11.2. The normalized spacial score (nSPS) is 10.3. The van der Waals surface area contributed by atoms with Gasteiger partial charge in [0, 0.05) is 12.7 Å². The third-order valence-corrected chi connectivity index (χ3v) is 3.18. The van der Waals surface area contributed by atoms with E-state index in [0.717, 1.165) is 11.3 Å². The van der Waals surface area contributed by atoms with Crippen LogP contribution in [0.2, 0.25) is 0 Å². The van der Waals surface area contributed by atoms with Gasteiger partial charge in [0.2, 0.25) is 0 Å². The van der Waals surface area contributed by atoms with Crippen LogP contribution in [0.4, 0.5) is 27.4 Å². The number of nitrogen functional groups attached to an aromatic ring is 1. The number of benzene rings is 1. The van der Waals surface area contributed by atoms with Gasteiger partial charge in [-0.2, -0.15) is 0 Å². The highest BCUT2D eigenvalue weighted by Gasteiger charge is 2.08. The molecule has 23 heavy (non-hydrogen) atoms. The first kappa shape index (κ1) is 14.7. The highest BCUT2D eigenvalue weighted by molar-refractivity contribution is 5.77. The molecule has 0 unspecified atom stereocenters. The molecule has 7 heteroatoms. The summed E-state index contributed by atoms with van der Waals surface area (Å²) in [5.74, 6) is 0.739. The van der Waals surface area contributed by atoms with E-state index in [1.807, 2.05) is 12.1 Å². The van der Waals surface area contributed by atoms with E-state index in [-0.39, 0.29) is 5.82 Å². The van der Waals surface area contributed by atoms with Crippen LogP contribution >= 0.6 is 0 Å². The van der Waals surface area contributed by atoms with Gasteiger partial charge in [-0.1, -0.05) is 12.1 Å². The summed E-state index contributed by atoms with van der Waals surface area (Å²) in [6.07, 6.45) is 4.78. The third-order valence-electron chi connectivity index (χ3n) is 3.18. The van der Waals surface area contributed by atoms with E-state index in [4.69, 9.17) is 5.73 Å². The Morgan fingerprint density at radius 3 is 2.57 bits per heavy atom. The summed E-state index contributed by atoms with van der Waals surface area (Å²) in [6.45, 7) is 0.480. The molecule has 0 amide bonds. The fourth-order valence-corrected chi connectivity index (χ4v) is 2.00. The molecule has 0 aliphatic rings. The van der Waals surface area contributed by atoms with Crippen molar-refractivity contribution in [2.75, 3.05) is 16.4 Å². The van der Waals surface area contributed by atoms with E-state index >= 15 is 0 Å². The number of hydrogen-bond donors (Lipinski definition) is 3. The molecule has 0 atom stereocenters. The van der Waals surface area contributed by atoms with E-state index in [0.29, 0.717) is 23.9 Å². The summed E-state index contributed by atoms with van der Waals surface area (Å²) in [5, 5.41) is 6.21. The monoisotopic (exact) mass is 310 g/mol. The summed E-state index contributed by atoms with van der Waals surface area (Å²) in [4.78, 5) is 12.3. The maximum absolute atomic E-state index is 12.9. The zero-order valence-electron chi connectivity index (χ0n) is 12.2. The topological polar surface area (TPSA) is 88.8 Å². The fourth-order valence-electron chi connectivity index (χ4n) is 2.00. The van der Waals surface area contributed by atoms with Crippen LogP contribution in [0.25, 0.3) is 0 Å². The van der Waals surface area contributed by atoms with Crippen LogP contribution in [-0.2, 0) is 6.54 Å². The minimum absolute atomic E-state index is 0.266. The van der Waals surface area contributed by atoms with E-state index in [1.54, 1.807) is 24.5 Å². The number of nitrogens with zero attached hydrogens (tertiary/aromatic N) is 3. The van der Waals surface area contributed by atoms with Crippen molar-refractivity contribution in [3.8, 4) is 0 Å². The molecular weight excluding hydrogens is 295 g/mol. The second-order valence-electron chi connectivity index (χ2n) is 4.83. The van der Waals surface area contributed by atoms with E-state index in [9.17, 15) is 4.39 Å². The predicted molar refractivity (Wildman–Crippen MR) is 87.7 cm³/mol. The molecule has 3 aromatic rings. The van der Waals surface area contributed by atoms with Gasteiger partial charge in [0.15, 0.2) is 11.6 Å². The molecule has 4 N–H and O–H groups in total. The zero-order chi connectivity index (χ0) is 16.1. The van der Waals surface area contributed by atoms with Gasteiger partial charge >= 0.3 is 0 Å². The number of pyridine rings is 1. The quantitative estimate of drug-likeness (QED) is 0.671. The molecule has 1 aromatic carbocycles. The summed E-state index contributed by atoms with van der Waals surface area (Å²) in [7, 11) is 0. The number of nitrogens with one attached hydrogen (secondary N) is 2. The van der Waals surface area contributed by atoms with Crippen LogP contribution in [0, 0.1) is 5.82 Å². The van der Waals surface area contributed by atoms with Crippen molar-refractivity contribution in [1.29, 1.82) is 0 Å². The molecule has 2 heterocycles. The van der Waals surface area contributed by atoms with Gasteiger partial charge in [-0.25, -0.2) is 14.4 Å². The molecule has 0 fully saturated rings. The minimum Gasteiger partial charge on any atom is -0.393 e. The van der Waals surface area contributed by atoms with Crippen LogP contribution in [0.1, 0.15) is 5.56 Å². The van der Waals surface area contributed by atoms with Gasteiger partial charge in [-0.05, 0) is 29.8 Å². The summed E-state index contributed by atoms with van der Waals surface area (Å²) in [6, 6.07) is 9.90. The van der Waals surface area contributed by atoms with Crippen LogP contribution in [0.5, 0.6) is 0 Å². The number of rotatable bonds is 5. The Morgan fingerprint density at radius 2 is 1.83 bits per heavy atom. The molecule has 2 aromatic heterocycles. The molecule has 0 radical (unpaired) electrons. The number of anilines is 4. The van der Waals surface area contributed by atoms with Gasteiger partial charge < -0.3 is 16.4 Å². The molecule has 6 nitrogen and oxygen atoms in total. The van der Waals surface area contributed by atoms with E-state index in [1.165, 1.54) is 18.5 Å². The average Bonchev–Trinajstić information content (AvgIpc) is 2.58. The lowest BCUT2D eigenvalue weighted by Crippen LogP contribution is -2.08. The van der Waals surface area contributed by atoms with Crippen molar-refractivity contribution >= 4 is 23.0 Å². The molecular formula is C16H15FN6. The Labute approximate surface area is 132 Å². The largest absolute Gasteiger partial charge is 0.393 e. The second kappa shape index (κ2) is 6.69. The van der Waals surface area contributed by atoms with E-state index < -0.39 is 0 Å². The Hall–Kier alpha value is -3.22. The van der Waals surface area contributed by atoms with Gasteiger partial charge in [0.25, 0.3) is 0 Å². The maximum atomic E-state index is 12.9. The van der Waals surface area contributed by atoms with Crippen molar-refractivity contribution in [2.24, 2.45) is 0 Å².